The van der Waals surface area contributed by atoms with Gasteiger partial charge in [0.05, 0.1) is 6.04 Å². The van der Waals surface area contributed by atoms with Gasteiger partial charge >= 0.3 is 0 Å². The smallest absolute Gasteiger partial charge is 0.182 e. The van der Waals surface area contributed by atoms with Crippen LogP contribution in [0.5, 0.6) is 0 Å². The van der Waals surface area contributed by atoms with Gasteiger partial charge in [-0.3, -0.25) is 0 Å². The number of hydrogen-bond acceptors (Lipinski definition) is 4. The normalized spacial score (nSPS) is 20.9. The van der Waals surface area contributed by atoms with Gasteiger partial charge in [0.1, 0.15) is 0 Å². The van der Waals surface area contributed by atoms with Crippen molar-refractivity contribution >= 4 is 5.69 Å². The van der Waals surface area contributed by atoms with E-state index < -0.39 is 0 Å². The van der Waals surface area contributed by atoms with E-state index in [9.17, 15) is 0 Å². The van der Waals surface area contributed by atoms with Gasteiger partial charge in [0.25, 0.3) is 0 Å². The molecule has 1 aromatic carbocycles. The van der Waals surface area contributed by atoms with E-state index in [2.05, 4.69) is 29.4 Å². The van der Waals surface area contributed by atoms with E-state index in [1.165, 1.54) is 0 Å². The minimum atomic E-state index is 0.290. The predicted octanol–water partition coefficient (Wildman–Crippen LogP) is 2.20. The van der Waals surface area contributed by atoms with Crippen LogP contribution in [0, 0.1) is 12.3 Å². The van der Waals surface area contributed by atoms with E-state index in [0.29, 0.717) is 11.5 Å². The van der Waals surface area contributed by atoms with Crippen LogP contribution >= 0.6 is 0 Å². The fourth-order valence-corrected chi connectivity index (χ4v) is 2.33. The third-order valence-electron chi connectivity index (χ3n) is 3.87. The number of benzene rings is 1. The lowest BCUT2D eigenvalue weighted by Gasteiger charge is -2.09. The number of nitrogens with zero attached hydrogens (tertiary/aromatic N) is 4. The number of tetrazole rings is 1. The van der Waals surface area contributed by atoms with Crippen molar-refractivity contribution < 1.29 is 0 Å². The van der Waals surface area contributed by atoms with Crippen molar-refractivity contribution in [2.24, 2.45) is 5.41 Å². The second-order valence-corrected chi connectivity index (χ2v) is 5.68. The number of nitrogens with two attached hydrogens (primary N) is 1. The molecule has 1 aromatic heterocycles. The maximum atomic E-state index is 5.94. The lowest BCUT2D eigenvalue weighted by molar-refractivity contribution is 0.497. The SMILES string of the molecule is Cc1c(N)cccc1-c1nnnn1C1CC1(C)C. The number of anilines is 1. The molecule has 0 amide bonds. The Morgan fingerprint density at radius 1 is 1.39 bits per heavy atom. The van der Waals surface area contributed by atoms with Crippen molar-refractivity contribution in [2.45, 2.75) is 33.2 Å². The third kappa shape index (κ3) is 1.58. The van der Waals surface area contributed by atoms with Gasteiger partial charge in [-0.05, 0) is 40.8 Å². The van der Waals surface area contributed by atoms with E-state index >= 15 is 0 Å². The van der Waals surface area contributed by atoms with Gasteiger partial charge in [-0.15, -0.1) is 5.10 Å². The summed E-state index contributed by atoms with van der Waals surface area (Å²) in [5.74, 6) is 0.815. The molecule has 0 bridgehead atoms. The molecule has 2 N–H and O–H groups in total. The topological polar surface area (TPSA) is 69.6 Å². The van der Waals surface area contributed by atoms with E-state index in [4.69, 9.17) is 5.73 Å². The van der Waals surface area contributed by atoms with Gasteiger partial charge < -0.3 is 5.73 Å². The molecule has 1 atom stereocenters. The first-order valence-electron chi connectivity index (χ1n) is 6.14. The molecule has 94 valence electrons. The molecule has 1 aliphatic carbocycles. The lowest BCUT2D eigenvalue weighted by Crippen LogP contribution is -2.06. The van der Waals surface area contributed by atoms with Crippen LogP contribution in [-0.4, -0.2) is 20.2 Å². The molecular formula is C13H17N5. The molecule has 1 fully saturated rings. The molecule has 2 aromatic rings. The Labute approximate surface area is 106 Å². The molecular weight excluding hydrogens is 226 g/mol. The van der Waals surface area contributed by atoms with Crippen LogP contribution in [0.3, 0.4) is 0 Å². The van der Waals surface area contributed by atoms with Crippen LogP contribution in [0.1, 0.15) is 31.9 Å². The fraction of sp³-hybridized carbons (Fsp3) is 0.462. The highest BCUT2D eigenvalue weighted by Gasteiger charge is 2.49. The van der Waals surface area contributed by atoms with Gasteiger partial charge in [-0.2, -0.15) is 0 Å². The molecule has 5 heteroatoms. The maximum absolute atomic E-state index is 5.94. The van der Waals surface area contributed by atoms with Gasteiger partial charge in [-0.25, -0.2) is 4.68 Å². The lowest BCUT2D eigenvalue weighted by atomic mass is 10.1. The van der Waals surface area contributed by atoms with Crippen LogP contribution in [0.15, 0.2) is 18.2 Å². The zero-order valence-electron chi connectivity index (χ0n) is 10.9. The summed E-state index contributed by atoms with van der Waals surface area (Å²) in [6.45, 7) is 6.46. The second-order valence-electron chi connectivity index (χ2n) is 5.68. The summed E-state index contributed by atoms with van der Waals surface area (Å²) in [7, 11) is 0. The van der Waals surface area contributed by atoms with Gasteiger partial charge in [-0.1, -0.05) is 26.0 Å². The summed E-state index contributed by atoms with van der Waals surface area (Å²) < 4.78 is 1.93. The summed E-state index contributed by atoms with van der Waals surface area (Å²) in [5.41, 5.74) is 9.06. The quantitative estimate of drug-likeness (QED) is 0.821. The number of rotatable bonds is 2. The summed E-state index contributed by atoms with van der Waals surface area (Å²) in [5, 5.41) is 12.1. The van der Waals surface area contributed by atoms with Crippen molar-refractivity contribution in [3.63, 3.8) is 0 Å². The van der Waals surface area contributed by atoms with E-state index in [-0.39, 0.29) is 0 Å². The molecule has 1 heterocycles. The summed E-state index contributed by atoms with van der Waals surface area (Å²) >= 11 is 0. The predicted molar refractivity (Wildman–Crippen MR) is 69.8 cm³/mol. The molecule has 1 aliphatic rings. The Kier molecular flexibility index (Phi) is 2.20. The van der Waals surface area contributed by atoms with Gasteiger partial charge in [0.2, 0.25) is 0 Å². The highest BCUT2D eigenvalue weighted by atomic mass is 15.6. The molecule has 1 unspecified atom stereocenters. The Morgan fingerprint density at radius 2 is 2.11 bits per heavy atom. The van der Waals surface area contributed by atoms with E-state index in [0.717, 1.165) is 29.1 Å². The number of aromatic nitrogens is 4. The molecule has 3 rings (SSSR count). The van der Waals surface area contributed by atoms with Crippen LogP contribution in [0.2, 0.25) is 0 Å². The van der Waals surface area contributed by atoms with Crippen LogP contribution in [0.4, 0.5) is 5.69 Å². The van der Waals surface area contributed by atoms with E-state index in [1.807, 2.05) is 29.8 Å². The largest absolute Gasteiger partial charge is 0.398 e. The molecule has 0 radical (unpaired) electrons. The number of hydrogen-bond donors (Lipinski definition) is 1. The molecule has 1 saturated carbocycles. The monoisotopic (exact) mass is 243 g/mol. The van der Waals surface area contributed by atoms with Gasteiger partial charge in [0, 0.05) is 11.3 Å². The second kappa shape index (κ2) is 3.54. The zero-order chi connectivity index (χ0) is 12.9. The molecule has 0 saturated heterocycles. The first-order valence-corrected chi connectivity index (χ1v) is 6.14. The molecule has 18 heavy (non-hydrogen) atoms. The Morgan fingerprint density at radius 3 is 2.78 bits per heavy atom. The van der Waals surface area contributed by atoms with Crippen molar-refractivity contribution in [2.75, 3.05) is 5.73 Å². The van der Waals surface area contributed by atoms with Crippen molar-refractivity contribution in [1.29, 1.82) is 0 Å². The first-order chi connectivity index (χ1) is 8.50. The average molecular weight is 243 g/mol. The van der Waals surface area contributed by atoms with Crippen LogP contribution in [0.25, 0.3) is 11.4 Å². The van der Waals surface area contributed by atoms with Crippen LogP contribution < -0.4 is 5.73 Å². The average Bonchev–Trinajstić information content (AvgIpc) is 2.77. The van der Waals surface area contributed by atoms with E-state index in [1.54, 1.807) is 0 Å². The Hall–Kier alpha value is -1.91. The Balaban J connectivity index is 2.08. The van der Waals surface area contributed by atoms with Crippen LogP contribution in [-0.2, 0) is 0 Å². The summed E-state index contributed by atoms with van der Waals surface area (Å²) in [6.07, 6.45) is 1.12. The molecule has 5 nitrogen and oxygen atoms in total. The van der Waals surface area contributed by atoms with Gasteiger partial charge in [0.15, 0.2) is 5.82 Å². The fourth-order valence-electron chi connectivity index (χ4n) is 2.33. The first kappa shape index (κ1) is 11.2. The zero-order valence-corrected chi connectivity index (χ0v) is 10.9. The molecule has 0 spiro atoms. The maximum Gasteiger partial charge on any atom is 0.182 e. The molecule has 0 aliphatic heterocycles. The Bertz CT molecular complexity index is 599. The number of nitrogen functional groups attached to an aromatic ring is 1. The highest BCUT2D eigenvalue weighted by Crippen LogP contribution is 2.55. The van der Waals surface area contributed by atoms with Crippen molar-refractivity contribution in [3.8, 4) is 11.4 Å². The standard InChI is InChI=1S/C13H17N5/c1-8-9(5-4-6-10(8)14)12-15-16-17-18(12)11-7-13(11,2)3/h4-6,11H,7,14H2,1-3H3. The summed E-state index contributed by atoms with van der Waals surface area (Å²) in [4.78, 5) is 0. The minimum Gasteiger partial charge on any atom is -0.398 e. The minimum absolute atomic E-state index is 0.290. The highest BCUT2D eigenvalue weighted by molar-refractivity contribution is 5.67. The third-order valence-corrected chi connectivity index (χ3v) is 3.87. The van der Waals surface area contributed by atoms with Crippen molar-refractivity contribution in [3.05, 3.63) is 23.8 Å². The summed E-state index contributed by atoms with van der Waals surface area (Å²) in [6, 6.07) is 6.25. The van der Waals surface area contributed by atoms with Crippen molar-refractivity contribution in [1.82, 2.24) is 20.2 Å².